The highest BCUT2D eigenvalue weighted by molar-refractivity contribution is 6.30. The zero-order valence-electron chi connectivity index (χ0n) is 20.2. The van der Waals surface area contributed by atoms with Crippen LogP contribution in [0.15, 0.2) is 79.0 Å². The monoisotopic (exact) mass is 503 g/mol. The summed E-state index contributed by atoms with van der Waals surface area (Å²) in [6.07, 6.45) is 2.79. The Morgan fingerprint density at radius 1 is 1.06 bits per heavy atom. The molecule has 4 aromatic rings. The van der Waals surface area contributed by atoms with Crippen molar-refractivity contribution in [1.29, 1.82) is 0 Å². The molecule has 0 saturated carbocycles. The number of hydrogen-bond donors (Lipinski definition) is 3. The molecule has 0 radical (unpaired) electrons. The minimum absolute atomic E-state index is 0.101. The summed E-state index contributed by atoms with van der Waals surface area (Å²) in [4.78, 5) is 16.7. The van der Waals surface area contributed by atoms with Crippen molar-refractivity contribution < 1.29 is 14.6 Å². The van der Waals surface area contributed by atoms with Gasteiger partial charge in [-0.3, -0.25) is 9.78 Å². The minimum atomic E-state index is -0.600. The van der Waals surface area contributed by atoms with E-state index < -0.39 is 6.10 Å². The number of aliphatic hydroxyl groups is 1. The predicted octanol–water partition coefficient (Wildman–Crippen LogP) is 5.69. The number of fused-ring (bicyclic) bond motifs is 1. The van der Waals surface area contributed by atoms with Crippen LogP contribution in [0, 0.1) is 0 Å². The number of amides is 1. The normalized spacial score (nSPS) is 11.9. The molecule has 0 saturated heterocycles. The summed E-state index contributed by atoms with van der Waals surface area (Å²) in [7, 11) is 0. The minimum Gasteiger partial charge on any atom is -0.457 e. The lowest BCUT2D eigenvalue weighted by molar-refractivity contribution is 0.0953. The van der Waals surface area contributed by atoms with Gasteiger partial charge < -0.3 is 20.5 Å². The molecule has 0 bridgehead atoms. The SMILES string of the molecule is CCCNC(=O)c1ccc2c(Oc3ccc(CCNC[C@@H](O)c4cccc(Cl)c4)cc3)ccnc2c1. The maximum absolute atomic E-state index is 12.3. The van der Waals surface area contributed by atoms with Crippen molar-refractivity contribution in [3.8, 4) is 11.5 Å². The number of hydrogen-bond acceptors (Lipinski definition) is 5. The van der Waals surface area contributed by atoms with E-state index in [4.69, 9.17) is 16.3 Å². The molecule has 1 atom stereocenters. The number of rotatable bonds is 11. The molecule has 1 aromatic heterocycles. The number of nitrogens with one attached hydrogen (secondary N) is 2. The Kier molecular flexibility index (Phi) is 8.90. The predicted molar refractivity (Wildman–Crippen MR) is 144 cm³/mol. The maximum atomic E-state index is 12.3. The molecule has 0 fully saturated rings. The molecular formula is C29H30ClN3O3. The van der Waals surface area contributed by atoms with Crippen molar-refractivity contribution in [2.75, 3.05) is 19.6 Å². The van der Waals surface area contributed by atoms with Crippen molar-refractivity contribution in [1.82, 2.24) is 15.6 Å². The number of halogens is 1. The number of ether oxygens (including phenoxy) is 1. The summed E-state index contributed by atoms with van der Waals surface area (Å²) < 4.78 is 6.13. The second-order valence-corrected chi connectivity index (χ2v) is 9.00. The first-order valence-corrected chi connectivity index (χ1v) is 12.5. The van der Waals surface area contributed by atoms with E-state index >= 15 is 0 Å². The third kappa shape index (κ3) is 6.82. The average molecular weight is 504 g/mol. The maximum Gasteiger partial charge on any atom is 0.251 e. The Morgan fingerprint density at radius 2 is 1.89 bits per heavy atom. The molecule has 1 heterocycles. The standard InChI is InChI=1S/C29H30ClN3O3/c1-2-14-33-29(35)22-8-11-25-26(18-22)32-16-13-28(25)36-24-9-6-20(7-10-24)12-15-31-19-27(34)21-4-3-5-23(30)17-21/h3-11,13,16-18,27,31,34H,2,12,14-15,19H2,1H3,(H,33,35)/t27-/m1/s1. The van der Waals surface area contributed by atoms with Crippen LogP contribution in [0.2, 0.25) is 5.02 Å². The fourth-order valence-corrected chi connectivity index (χ4v) is 4.05. The highest BCUT2D eigenvalue weighted by Gasteiger charge is 2.10. The third-order valence-electron chi connectivity index (χ3n) is 5.81. The van der Waals surface area contributed by atoms with E-state index in [1.807, 2.05) is 55.5 Å². The first-order chi connectivity index (χ1) is 17.5. The summed E-state index contributed by atoms with van der Waals surface area (Å²) in [5, 5.41) is 17.9. The number of aromatic nitrogens is 1. The molecule has 7 heteroatoms. The molecule has 0 spiro atoms. The van der Waals surface area contributed by atoms with E-state index in [0.29, 0.717) is 34.9 Å². The number of aliphatic hydroxyl groups excluding tert-OH is 1. The second kappa shape index (κ2) is 12.5. The smallest absolute Gasteiger partial charge is 0.251 e. The molecule has 6 nitrogen and oxygen atoms in total. The van der Waals surface area contributed by atoms with Gasteiger partial charge in [0.15, 0.2) is 0 Å². The van der Waals surface area contributed by atoms with Gasteiger partial charge in [-0.25, -0.2) is 0 Å². The first kappa shape index (κ1) is 25.6. The molecule has 0 unspecified atom stereocenters. The molecule has 1 amide bonds. The third-order valence-corrected chi connectivity index (χ3v) is 6.05. The Bertz CT molecular complexity index is 1310. The first-order valence-electron chi connectivity index (χ1n) is 12.1. The summed E-state index contributed by atoms with van der Waals surface area (Å²) in [6.45, 7) is 3.86. The van der Waals surface area contributed by atoms with Crippen molar-refractivity contribution in [3.63, 3.8) is 0 Å². The van der Waals surface area contributed by atoms with Crippen LogP contribution in [0.3, 0.4) is 0 Å². The lowest BCUT2D eigenvalue weighted by Crippen LogP contribution is -2.23. The summed E-state index contributed by atoms with van der Waals surface area (Å²) in [5.41, 5.74) is 3.25. The Hall–Kier alpha value is -3.45. The van der Waals surface area contributed by atoms with Gasteiger partial charge in [0.05, 0.1) is 11.6 Å². The van der Waals surface area contributed by atoms with Crippen LogP contribution in [0.5, 0.6) is 11.5 Å². The van der Waals surface area contributed by atoms with Crippen molar-refractivity contribution >= 4 is 28.4 Å². The van der Waals surface area contributed by atoms with Crippen LogP contribution in [0.1, 0.15) is 40.9 Å². The van der Waals surface area contributed by atoms with E-state index in [-0.39, 0.29) is 5.91 Å². The van der Waals surface area contributed by atoms with Crippen molar-refractivity contribution in [2.45, 2.75) is 25.9 Å². The zero-order chi connectivity index (χ0) is 25.3. The van der Waals surface area contributed by atoms with E-state index in [1.165, 1.54) is 0 Å². The number of pyridine rings is 1. The van der Waals surface area contributed by atoms with Gasteiger partial charge in [0.1, 0.15) is 11.5 Å². The lowest BCUT2D eigenvalue weighted by Gasteiger charge is -2.13. The molecule has 3 aromatic carbocycles. The van der Waals surface area contributed by atoms with E-state index in [9.17, 15) is 9.90 Å². The number of nitrogens with zero attached hydrogens (tertiary/aromatic N) is 1. The van der Waals surface area contributed by atoms with E-state index in [1.54, 1.807) is 30.5 Å². The number of benzene rings is 3. The van der Waals surface area contributed by atoms with E-state index in [2.05, 4.69) is 15.6 Å². The fraction of sp³-hybridized carbons (Fsp3) is 0.241. The Labute approximate surface area is 216 Å². The molecule has 36 heavy (non-hydrogen) atoms. The van der Waals surface area contributed by atoms with Crippen molar-refractivity contribution in [3.05, 3.63) is 101 Å². The molecule has 3 N–H and O–H groups in total. The molecule has 0 aliphatic rings. The Morgan fingerprint density at radius 3 is 2.67 bits per heavy atom. The van der Waals surface area contributed by atoms with Crippen molar-refractivity contribution in [2.24, 2.45) is 0 Å². The van der Waals surface area contributed by atoms with Gasteiger partial charge in [-0.1, -0.05) is 42.8 Å². The molecule has 0 aliphatic heterocycles. The van der Waals surface area contributed by atoms with E-state index in [0.717, 1.165) is 41.6 Å². The topological polar surface area (TPSA) is 83.5 Å². The molecule has 186 valence electrons. The lowest BCUT2D eigenvalue weighted by atomic mass is 10.1. The summed E-state index contributed by atoms with van der Waals surface area (Å²) in [5.74, 6) is 1.31. The summed E-state index contributed by atoms with van der Waals surface area (Å²) in [6, 6.07) is 22.5. The van der Waals surface area contributed by atoms with Crippen LogP contribution >= 0.6 is 11.6 Å². The molecular weight excluding hydrogens is 474 g/mol. The zero-order valence-corrected chi connectivity index (χ0v) is 21.0. The van der Waals surface area contributed by atoms with Gasteiger partial charge in [0.25, 0.3) is 5.91 Å². The van der Waals surface area contributed by atoms with Gasteiger partial charge in [0.2, 0.25) is 0 Å². The quantitative estimate of drug-likeness (QED) is 0.229. The summed E-state index contributed by atoms with van der Waals surface area (Å²) >= 11 is 6.00. The van der Waals surface area contributed by atoms with Gasteiger partial charge >= 0.3 is 0 Å². The number of carbonyl (C=O) groups excluding carboxylic acids is 1. The largest absolute Gasteiger partial charge is 0.457 e. The van der Waals surface area contributed by atoms with Gasteiger partial charge in [-0.15, -0.1) is 0 Å². The fourth-order valence-electron chi connectivity index (χ4n) is 3.85. The highest BCUT2D eigenvalue weighted by atomic mass is 35.5. The molecule has 4 rings (SSSR count). The van der Waals surface area contributed by atoms with Crippen LogP contribution in [0.4, 0.5) is 0 Å². The van der Waals surface area contributed by atoms with Gasteiger partial charge in [-0.05, 0) is 79.0 Å². The second-order valence-electron chi connectivity index (χ2n) is 8.57. The number of carbonyl (C=O) groups is 1. The molecule has 0 aliphatic carbocycles. The van der Waals surface area contributed by atoms with Gasteiger partial charge in [0, 0.05) is 35.3 Å². The van der Waals surface area contributed by atoms with Crippen LogP contribution in [0.25, 0.3) is 10.9 Å². The van der Waals surface area contributed by atoms with Crippen LogP contribution < -0.4 is 15.4 Å². The Balaban J connectivity index is 1.32. The van der Waals surface area contributed by atoms with Crippen LogP contribution in [-0.4, -0.2) is 35.6 Å². The van der Waals surface area contributed by atoms with Crippen LogP contribution in [-0.2, 0) is 6.42 Å². The van der Waals surface area contributed by atoms with Gasteiger partial charge in [-0.2, -0.15) is 0 Å². The average Bonchev–Trinajstić information content (AvgIpc) is 2.90. The highest BCUT2D eigenvalue weighted by Crippen LogP contribution is 2.29.